The molecule has 1 saturated heterocycles. The highest BCUT2D eigenvalue weighted by Gasteiger charge is 2.33. The standard InChI is InChI=1S/C19H21N3O4S4/c1-3-22(12-6-8-30(25,26)11-12)15(23)10-29-19-20-17-16(18(24)21(19)2)13(9-28-17)14-5-4-7-27-14/h4-5,7,9,12H,3,6,8,10-11H2,1-2H3/t12-/m1/s1. The summed E-state index contributed by atoms with van der Waals surface area (Å²) in [6.07, 6.45) is 0.482. The molecule has 0 radical (unpaired) electrons. The van der Waals surface area contributed by atoms with Crippen LogP contribution >= 0.6 is 34.4 Å². The van der Waals surface area contributed by atoms with Gasteiger partial charge in [0.15, 0.2) is 15.0 Å². The van der Waals surface area contributed by atoms with Crippen molar-refractivity contribution in [3.63, 3.8) is 0 Å². The molecule has 3 aromatic heterocycles. The normalized spacial score (nSPS) is 18.1. The lowest BCUT2D eigenvalue weighted by molar-refractivity contribution is -0.129. The van der Waals surface area contributed by atoms with Crippen molar-refractivity contribution in [3.8, 4) is 10.4 Å². The minimum atomic E-state index is -3.06. The lowest BCUT2D eigenvalue weighted by Crippen LogP contribution is -2.42. The summed E-state index contributed by atoms with van der Waals surface area (Å²) in [5, 5.41) is 5.01. The summed E-state index contributed by atoms with van der Waals surface area (Å²) in [5.41, 5.74) is 0.763. The first kappa shape index (κ1) is 21.5. The van der Waals surface area contributed by atoms with Crippen molar-refractivity contribution in [2.75, 3.05) is 23.8 Å². The van der Waals surface area contributed by atoms with E-state index >= 15 is 0 Å². The highest BCUT2D eigenvalue weighted by molar-refractivity contribution is 7.99. The molecular formula is C19H21N3O4S4. The molecule has 0 N–H and O–H groups in total. The van der Waals surface area contributed by atoms with Gasteiger partial charge >= 0.3 is 0 Å². The summed E-state index contributed by atoms with van der Waals surface area (Å²) in [6.45, 7) is 2.31. The average Bonchev–Trinajstić information content (AvgIpc) is 3.43. The monoisotopic (exact) mass is 483 g/mol. The highest BCUT2D eigenvalue weighted by atomic mass is 32.2. The number of hydrogen-bond acceptors (Lipinski definition) is 8. The van der Waals surface area contributed by atoms with Crippen molar-refractivity contribution >= 4 is 60.4 Å². The number of aromatic nitrogens is 2. The SMILES string of the molecule is CCN(C(=O)CSc1nc2scc(-c3cccs3)c2c(=O)n1C)[C@@H]1CCS(=O)(=O)C1. The van der Waals surface area contributed by atoms with Crippen LogP contribution in [0.2, 0.25) is 0 Å². The fourth-order valence-corrected chi connectivity index (χ4v) is 8.06. The number of nitrogens with zero attached hydrogens (tertiary/aromatic N) is 3. The van der Waals surface area contributed by atoms with Gasteiger partial charge in [0.25, 0.3) is 5.56 Å². The molecule has 160 valence electrons. The van der Waals surface area contributed by atoms with Gasteiger partial charge in [-0.3, -0.25) is 14.2 Å². The highest BCUT2D eigenvalue weighted by Crippen LogP contribution is 2.34. The van der Waals surface area contributed by atoms with Crippen molar-refractivity contribution < 1.29 is 13.2 Å². The Bertz CT molecular complexity index is 1240. The number of rotatable bonds is 6. The van der Waals surface area contributed by atoms with Crippen LogP contribution in [0.15, 0.2) is 32.8 Å². The van der Waals surface area contributed by atoms with E-state index in [0.29, 0.717) is 28.3 Å². The first-order valence-corrected chi connectivity index (χ1v) is 14.0. The fourth-order valence-electron chi connectivity index (χ4n) is 3.66. The second-order valence-electron chi connectivity index (χ2n) is 7.09. The minimum absolute atomic E-state index is 0.0284. The predicted octanol–water partition coefficient (Wildman–Crippen LogP) is 2.85. The molecule has 11 heteroatoms. The Hall–Kier alpha value is -1.69. The third-order valence-electron chi connectivity index (χ3n) is 5.20. The van der Waals surface area contributed by atoms with Gasteiger partial charge in [-0.05, 0) is 24.8 Å². The van der Waals surface area contributed by atoms with Crippen LogP contribution < -0.4 is 5.56 Å². The first-order chi connectivity index (χ1) is 14.3. The maximum Gasteiger partial charge on any atom is 0.263 e. The smallest absolute Gasteiger partial charge is 0.263 e. The lowest BCUT2D eigenvalue weighted by Gasteiger charge is -2.26. The van der Waals surface area contributed by atoms with E-state index in [1.807, 2.05) is 29.8 Å². The Morgan fingerprint density at radius 1 is 1.40 bits per heavy atom. The zero-order chi connectivity index (χ0) is 21.5. The number of sulfone groups is 1. The van der Waals surface area contributed by atoms with Crippen LogP contribution in [0, 0.1) is 0 Å². The van der Waals surface area contributed by atoms with Crippen molar-refractivity contribution in [2.45, 2.75) is 24.5 Å². The molecule has 1 aliphatic heterocycles. The van der Waals surface area contributed by atoms with E-state index in [9.17, 15) is 18.0 Å². The largest absolute Gasteiger partial charge is 0.338 e. The van der Waals surface area contributed by atoms with Crippen LogP contribution in [0.4, 0.5) is 0 Å². The van der Waals surface area contributed by atoms with Gasteiger partial charge in [0.05, 0.1) is 22.6 Å². The predicted molar refractivity (Wildman–Crippen MR) is 123 cm³/mol. The third kappa shape index (κ3) is 4.08. The maximum absolute atomic E-state index is 13.0. The van der Waals surface area contributed by atoms with E-state index in [4.69, 9.17) is 0 Å². The lowest BCUT2D eigenvalue weighted by atomic mass is 10.2. The number of thiophene rings is 2. The van der Waals surface area contributed by atoms with Gasteiger partial charge in [-0.1, -0.05) is 17.8 Å². The van der Waals surface area contributed by atoms with Gasteiger partial charge in [-0.25, -0.2) is 13.4 Å². The van der Waals surface area contributed by atoms with Gasteiger partial charge < -0.3 is 4.90 Å². The molecule has 4 rings (SSSR count). The number of carbonyl (C=O) groups is 1. The van der Waals surface area contributed by atoms with E-state index in [1.165, 1.54) is 27.7 Å². The molecule has 3 aromatic rings. The fraction of sp³-hybridized carbons (Fsp3) is 0.421. The van der Waals surface area contributed by atoms with E-state index in [-0.39, 0.29) is 34.8 Å². The molecule has 0 unspecified atom stereocenters. The van der Waals surface area contributed by atoms with Gasteiger partial charge in [0.1, 0.15) is 4.83 Å². The molecule has 1 fully saturated rings. The van der Waals surface area contributed by atoms with Gasteiger partial charge in [0.2, 0.25) is 5.91 Å². The van der Waals surface area contributed by atoms with Gasteiger partial charge in [0, 0.05) is 35.5 Å². The quantitative estimate of drug-likeness (QED) is 0.396. The minimum Gasteiger partial charge on any atom is -0.338 e. The molecule has 30 heavy (non-hydrogen) atoms. The zero-order valence-electron chi connectivity index (χ0n) is 16.5. The summed E-state index contributed by atoms with van der Waals surface area (Å²) in [6, 6.07) is 3.67. The molecule has 0 saturated carbocycles. The van der Waals surface area contributed by atoms with E-state index in [1.54, 1.807) is 23.3 Å². The van der Waals surface area contributed by atoms with Crippen LogP contribution in [-0.2, 0) is 21.7 Å². The summed E-state index contributed by atoms with van der Waals surface area (Å²) in [7, 11) is -1.40. The molecule has 0 aliphatic carbocycles. The molecule has 4 heterocycles. The van der Waals surface area contributed by atoms with Crippen molar-refractivity contribution in [1.29, 1.82) is 0 Å². The summed E-state index contributed by atoms with van der Waals surface area (Å²) in [5.74, 6) is 0.135. The molecule has 1 atom stereocenters. The Morgan fingerprint density at radius 2 is 2.20 bits per heavy atom. The van der Waals surface area contributed by atoms with Crippen LogP contribution in [0.3, 0.4) is 0 Å². The van der Waals surface area contributed by atoms with Crippen molar-refractivity contribution in [1.82, 2.24) is 14.5 Å². The molecule has 1 aliphatic rings. The number of thioether (sulfide) groups is 1. The zero-order valence-corrected chi connectivity index (χ0v) is 19.8. The Balaban J connectivity index is 1.55. The van der Waals surface area contributed by atoms with Gasteiger partial charge in [-0.2, -0.15) is 0 Å². The molecule has 7 nitrogen and oxygen atoms in total. The van der Waals surface area contributed by atoms with Crippen molar-refractivity contribution in [3.05, 3.63) is 33.2 Å². The van der Waals surface area contributed by atoms with E-state index in [2.05, 4.69) is 4.98 Å². The second-order valence-corrected chi connectivity index (χ2v) is 12.1. The first-order valence-electron chi connectivity index (χ1n) is 9.45. The maximum atomic E-state index is 13.0. The average molecular weight is 484 g/mol. The molecule has 0 spiro atoms. The van der Waals surface area contributed by atoms with E-state index < -0.39 is 9.84 Å². The van der Waals surface area contributed by atoms with Crippen LogP contribution in [-0.4, -0.2) is 58.6 Å². The molecular weight excluding hydrogens is 462 g/mol. The molecule has 1 amide bonds. The van der Waals surface area contributed by atoms with Crippen molar-refractivity contribution in [2.24, 2.45) is 7.05 Å². The van der Waals surface area contributed by atoms with Crippen LogP contribution in [0.1, 0.15) is 13.3 Å². The van der Waals surface area contributed by atoms with Gasteiger partial charge in [-0.15, -0.1) is 22.7 Å². The third-order valence-corrected chi connectivity index (χ3v) is 9.74. The molecule has 0 aromatic carbocycles. The summed E-state index contributed by atoms with van der Waals surface area (Å²) in [4.78, 5) is 33.7. The number of hydrogen-bond donors (Lipinski definition) is 0. The van der Waals surface area contributed by atoms with E-state index in [0.717, 1.165) is 10.4 Å². The summed E-state index contributed by atoms with van der Waals surface area (Å²) >= 11 is 4.21. The Kier molecular flexibility index (Phi) is 6.06. The van der Waals surface area contributed by atoms with Crippen LogP contribution in [0.25, 0.3) is 20.7 Å². The number of fused-ring (bicyclic) bond motifs is 1. The molecule has 0 bridgehead atoms. The Labute approximate surface area is 186 Å². The summed E-state index contributed by atoms with van der Waals surface area (Å²) < 4.78 is 25.0. The Morgan fingerprint density at radius 3 is 2.83 bits per heavy atom. The number of carbonyl (C=O) groups excluding carboxylic acids is 1. The van der Waals surface area contributed by atoms with Crippen LogP contribution in [0.5, 0.6) is 0 Å². The topological polar surface area (TPSA) is 89.3 Å². The second kappa shape index (κ2) is 8.45. The number of amides is 1.